The van der Waals surface area contributed by atoms with Crippen molar-refractivity contribution in [2.45, 2.75) is 17.4 Å². The third-order valence-electron chi connectivity index (χ3n) is 2.09. The molecule has 0 bridgehead atoms. The first-order chi connectivity index (χ1) is 7.47. The van der Waals surface area contributed by atoms with Gasteiger partial charge < -0.3 is 10.8 Å². The zero-order chi connectivity index (χ0) is 12.3. The molecule has 0 spiro atoms. The highest BCUT2D eigenvalue weighted by Crippen LogP contribution is 2.27. The zero-order valence-corrected chi connectivity index (χ0v) is 9.35. The normalized spacial score (nSPS) is 12.5. The van der Waals surface area contributed by atoms with Crippen LogP contribution in [0, 0.1) is 11.6 Å². The highest BCUT2D eigenvalue weighted by molar-refractivity contribution is 7.98. The predicted octanol–water partition coefficient (Wildman–Crippen LogP) is 2.16. The maximum absolute atomic E-state index is 13.5. The molecule has 0 saturated heterocycles. The van der Waals surface area contributed by atoms with Gasteiger partial charge in [-0.1, -0.05) is 6.07 Å². The van der Waals surface area contributed by atoms with Crippen LogP contribution in [0.25, 0.3) is 0 Å². The lowest BCUT2D eigenvalue weighted by Gasteiger charge is -2.12. The molecular formula is C10H11F2NO2S. The van der Waals surface area contributed by atoms with Crippen LogP contribution in [0.3, 0.4) is 0 Å². The van der Waals surface area contributed by atoms with Crippen LogP contribution in [-0.4, -0.2) is 17.3 Å². The molecule has 1 aromatic rings. The van der Waals surface area contributed by atoms with Gasteiger partial charge in [0, 0.05) is 16.5 Å². The molecule has 0 aliphatic heterocycles. The van der Waals surface area contributed by atoms with Crippen molar-refractivity contribution in [1.29, 1.82) is 0 Å². The first kappa shape index (κ1) is 12.9. The van der Waals surface area contributed by atoms with Crippen LogP contribution in [0.2, 0.25) is 0 Å². The molecular weight excluding hydrogens is 236 g/mol. The quantitative estimate of drug-likeness (QED) is 0.800. The van der Waals surface area contributed by atoms with E-state index in [9.17, 15) is 13.6 Å². The van der Waals surface area contributed by atoms with Crippen molar-refractivity contribution in [3.63, 3.8) is 0 Å². The van der Waals surface area contributed by atoms with Crippen LogP contribution in [0.4, 0.5) is 8.78 Å². The summed E-state index contributed by atoms with van der Waals surface area (Å²) < 4.78 is 26.9. The average molecular weight is 247 g/mol. The molecule has 88 valence electrons. The van der Waals surface area contributed by atoms with Crippen LogP contribution in [0.1, 0.15) is 18.0 Å². The molecule has 3 N–H and O–H groups in total. The van der Waals surface area contributed by atoms with Crippen LogP contribution in [-0.2, 0) is 4.79 Å². The van der Waals surface area contributed by atoms with E-state index in [-0.39, 0.29) is 10.5 Å². The molecule has 0 amide bonds. The number of rotatable bonds is 4. The second kappa shape index (κ2) is 5.27. The Morgan fingerprint density at radius 1 is 1.50 bits per heavy atom. The van der Waals surface area contributed by atoms with E-state index in [0.29, 0.717) is 0 Å². The molecule has 1 unspecified atom stereocenters. The lowest BCUT2D eigenvalue weighted by molar-refractivity contribution is -0.137. The Morgan fingerprint density at radius 3 is 2.62 bits per heavy atom. The van der Waals surface area contributed by atoms with E-state index in [1.165, 1.54) is 12.1 Å². The van der Waals surface area contributed by atoms with Gasteiger partial charge in [0.05, 0.1) is 6.42 Å². The molecule has 1 atom stereocenters. The van der Waals surface area contributed by atoms with E-state index < -0.39 is 30.1 Å². The van der Waals surface area contributed by atoms with Gasteiger partial charge in [0.15, 0.2) is 11.6 Å². The van der Waals surface area contributed by atoms with E-state index in [0.717, 1.165) is 11.8 Å². The minimum atomic E-state index is -1.15. The fraction of sp³-hybridized carbons (Fsp3) is 0.300. The van der Waals surface area contributed by atoms with E-state index in [4.69, 9.17) is 10.8 Å². The topological polar surface area (TPSA) is 63.3 Å². The van der Waals surface area contributed by atoms with Crippen molar-refractivity contribution in [1.82, 2.24) is 0 Å². The molecule has 0 aromatic heterocycles. The third kappa shape index (κ3) is 2.70. The summed E-state index contributed by atoms with van der Waals surface area (Å²) in [5, 5.41) is 8.51. The summed E-state index contributed by atoms with van der Waals surface area (Å²) in [7, 11) is 0. The number of carboxylic acid groups (broad SMARTS) is 1. The monoisotopic (exact) mass is 247 g/mol. The summed E-state index contributed by atoms with van der Waals surface area (Å²) in [6.45, 7) is 0. The molecule has 0 heterocycles. The Bertz CT molecular complexity index is 412. The number of hydrogen-bond acceptors (Lipinski definition) is 3. The van der Waals surface area contributed by atoms with Gasteiger partial charge in [-0.15, -0.1) is 11.8 Å². The largest absolute Gasteiger partial charge is 0.481 e. The highest BCUT2D eigenvalue weighted by Gasteiger charge is 2.19. The number of hydrogen-bond donors (Lipinski definition) is 2. The maximum atomic E-state index is 13.5. The minimum absolute atomic E-state index is 0.113. The van der Waals surface area contributed by atoms with E-state index in [2.05, 4.69) is 0 Å². The smallest absolute Gasteiger partial charge is 0.305 e. The molecule has 0 aliphatic rings. The number of carbonyl (C=O) groups is 1. The second-order valence-electron chi connectivity index (χ2n) is 3.19. The molecule has 16 heavy (non-hydrogen) atoms. The first-order valence-electron chi connectivity index (χ1n) is 4.46. The average Bonchev–Trinajstić information content (AvgIpc) is 2.20. The molecule has 0 fully saturated rings. The second-order valence-corrected chi connectivity index (χ2v) is 4.04. The van der Waals surface area contributed by atoms with Gasteiger partial charge in [0.1, 0.15) is 0 Å². The fourth-order valence-corrected chi connectivity index (χ4v) is 1.76. The van der Waals surface area contributed by atoms with Crippen molar-refractivity contribution >= 4 is 17.7 Å². The predicted molar refractivity (Wildman–Crippen MR) is 57.3 cm³/mol. The minimum Gasteiger partial charge on any atom is -0.481 e. The Hall–Kier alpha value is -1.14. The highest BCUT2D eigenvalue weighted by atomic mass is 32.2. The summed E-state index contributed by atoms with van der Waals surface area (Å²) >= 11 is 1.07. The van der Waals surface area contributed by atoms with Crippen LogP contribution in [0.15, 0.2) is 17.0 Å². The van der Waals surface area contributed by atoms with Gasteiger partial charge in [-0.3, -0.25) is 4.79 Å². The molecule has 1 aromatic carbocycles. The van der Waals surface area contributed by atoms with E-state index in [1.54, 1.807) is 6.26 Å². The van der Waals surface area contributed by atoms with Gasteiger partial charge in [-0.05, 0) is 12.3 Å². The summed E-state index contributed by atoms with van der Waals surface area (Å²) in [6.07, 6.45) is 1.18. The number of carboxylic acids is 1. The zero-order valence-electron chi connectivity index (χ0n) is 8.54. The Balaban J connectivity index is 3.06. The van der Waals surface area contributed by atoms with Gasteiger partial charge >= 0.3 is 5.97 Å². The molecule has 0 saturated carbocycles. The Kier molecular flexibility index (Phi) is 4.26. The maximum Gasteiger partial charge on any atom is 0.305 e. The number of aliphatic carboxylic acids is 1. The van der Waals surface area contributed by atoms with Gasteiger partial charge in [-0.2, -0.15) is 0 Å². The summed E-state index contributed by atoms with van der Waals surface area (Å²) in [5.41, 5.74) is 5.35. The van der Waals surface area contributed by atoms with Gasteiger partial charge in [-0.25, -0.2) is 8.78 Å². The van der Waals surface area contributed by atoms with E-state index in [1.807, 2.05) is 0 Å². The van der Waals surface area contributed by atoms with Crippen molar-refractivity contribution in [2.24, 2.45) is 5.73 Å². The summed E-state index contributed by atoms with van der Waals surface area (Å²) in [4.78, 5) is 10.6. The number of nitrogens with two attached hydrogens (primary N) is 1. The van der Waals surface area contributed by atoms with E-state index >= 15 is 0 Å². The Morgan fingerprint density at radius 2 is 2.12 bits per heavy atom. The SMILES string of the molecule is CSc1ccc(C(N)CC(=O)O)c(F)c1F. The van der Waals surface area contributed by atoms with Gasteiger partial charge in [0.2, 0.25) is 0 Å². The number of thioether (sulfide) groups is 1. The Labute approximate surface area is 95.6 Å². The molecule has 1 rings (SSSR count). The number of halogens is 2. The van der Waals surface area contributed by atoms with Crippen LogP contribution in [0.5, 0.6) is 0 Å². The lowest BCUT2D eigenvalue weighted by atomic mass is 10.0. The summed E-state index contributed by atoms with van der Waals surface area (Å²) in [6, 6.07) is 1.67. The molecule has 6 heteroatoms. The molecule has 3 nitrogen and oxygen atoms in total. The van der Waals surface area contributed by atoms with Crippen molar-refractivity contribution < 1.29 is 18.7 Å². The first-order valence-corrected chi connectivity index (χ1v) is 5.69. The fourth-order valence-electron chi connectivity index (χ4n) is 1.29. The lowest BCUT2D eigenvalue weighted by Crippen LogP contribution is -2.17. The van der Waals surface area contributed by atoms with Crippen LogP contribution >= 0.6 is 11.8 Å². The van der Waals surface area contributed by atoms with Crippen molar-refractivity contribution in [2.75, 3.05) is 6.26 Å². The standard InChI is InChI=1S/C10H11F2NO2S/c1-16-7-3-2-5(9(11)10(7)12)6(13)4-8(14)15/h2-3,6H,4,13H2,1H3,(H,14,15). The number of benzene rings is 1. The molecule has 0 aliphatic carbocycles. The third-order valence-corrected chi connectivity index (χ3v) is 2.85. The van der Waals surface area contributed by atoms with Crippen molar-refractivity contribution in [3.05, 3.63) is 29.3 Å². The van der Waals surface area contributed by atoms with Gasteiger partial charge in [0.25, 0.3) is 0 Å². The molecule has 0 radical (unpaired) electrons. The van der Waals surface area contributed by atoms with Crippen molar-refractivity contribution in [3.8, 4) is 0 Å². The van der Waals surface area contributed by atoms with Crippen LogP contribution < -0.4 is 5.73 Å². The summed E-state index contributed by atoms with van der Waals surface area (Å²) in [5.74, 6) is -3.20.